The number of carbonyl (C=O) groups is 1. The number of hydrogen-bond donors (Lipinski definition) is 4. The smallest absolute Gasteiger partial charge is 0.255 e. The topological polar surface area (TPSA) is 106 Å². The Balaban J connectivity index is 1.44. The Bertz CT molecular complexity index is 1220. The molecule has 1 saturated heterocycles. The molecule has 8 nitrogen and oxygen atoms in total. The molecule has 188 valence electrons. The molecule has 0 aliphatic carbocycles. The molecule has 1 aliphatic rings. The molecule has 0 bridgehead atoms. The largest absolute Gasteiger partial charge is 0.409 e. The van der Waals surface area contributed by atoms with Crippen molar-refractivity contribution in [2.24, 2.45) is 10.9 Å². The number of likely N-dealkylation sites (N-methyl/N-ethyl adjacent to an activating group) is 1. The molecule has 0 radical (unpaired) electrons. The summed E-state index contributed by atoms with van der Waals surface area (Å²) in [7, 11) is 2.16. The molecule has 0 aromatic heterocycles. The fourth-order valence-electron chi connectivity index (χ4n) is 4.33. The molecular formula is C28H34N6O2. The highest BCUT2D eigenvalue weighted by Gasteiger charge is 2.14. The van der Waals surface area contributed by atoms with E-state index in [2.05, 4.69) is 32.6 Å². The number of benzene rings is 3. The number of amides is 1. The van der Waals surface area contributed by atoms with Crippen molar-refractivity contribution >= 4 is 28.8 Å². The van der Waals surface area contributed by atoms with Crippen LogP contribution >= 0.6 is 0 Å². The van der Waals surface area contributed by atoms with Gasteiger partial charge in [-0.2, -0.15) is 0 Å². The molecule has 1 amide bonds. The molecule has 0 spiro atoms. The van der Waals surface area contributed by atoms with E-state index in [-0.39, 0.29) is 11.7 Å². The average molecular weight is 487 g/mol. The van der Waals surface area contributed by atoms with Crippen LogP contribution in [0.5, 0.6) is 0 Å². The number of anilines is 3. The van der Waals surface area contributed by atoms with E-state index in [0.717, 1.165) is 60.8 Å². The van der Waals surface area contributed by atoms with Crippen molar-refractivity contribution in [2.45, 2.75) is 19.9 Å². The summed E-state index contributed by atoms with van der Waals surface area (Å²) in [5.74, 6) is -0.0888. The van der Waals surface area contributed by atoms with Gasteiger partial charge in [0.25, 0.3) is 5.91 Å². The van der Waals surface area contributed by atoms with Gasteiger partial charge in [0.1, 0.15) is 0 Å². The summed E-state index contributed by atoms with van der Waals surface area (Å²) in [6.07, 6.45) is 1.13. The molecule has 0 atom stereocenters. The van der Waals surface area contributed by atoms with E-state index in [4.69, 9.17) is 10.9 Å². The first-order chi connectivity index (χ1) is 17.4. The number of amidine groups is 1. The third-order valence-electron chi connectivity index (χ3n) is 6.48. The summed E-state index contributed by atoms with van der Waals surface area (Å²) < 4.78 is 0. The molecular weight excluding hydrogens is 452 g/mol. The Kier molecular flexibility index (Phi) is 8.07. The van der Waals surface area contributed by atoms with Crippen molar-refractivity contribution in [3.05, 3.63) is 89.0 Å². The molecule has 1 aliphatic heterocycles. The second-order valence-electron chi connectivity index (χ2n) is 9.23. The minimum Gasteiger partial charge on any atom is -0.409 e. The molecule has 3 aromatic rings. The molecule has 3 aromatic carbocycles. The maximum atomic E-state index is 13.1. The minimum absolute atomic E-state index is 0.0520. The predicted octanol–water partition coefficient (Wildman–Crippen LogP) is 4.10. The average Bonchev–Trinajstić information content (AvgIpc) is 3.12. The lowest BCUT2D eigenvalue weighted by Gasteiger charge is -2.23. The third-order valence-corrected chi connectivity index (χ3v) is 6.48. The van der Waals surface area contributed by atoms with Crippen LogP contribution in [0.1, 0.15) is 33.5 Å². The number of rotatable bonds is 7. The van der Waals surface area contributed by atoms with E-state index in [1.807, 2.05) is 67.6 Å². The Hall–Kier alpha value is -4.04. The van der Waals surface area contributed by atoms with Gasteiger partial charge in [0, 0.05) is 54.4 Å². The van der Waals surface area contributed by atoms with Crippen LogP contribution in [-0.4, -0.2) is 55.1 Å². The van der Waals surface area contributed by atoms with Crippen molar-refractivity contribution in [1.29, 1.82) is 0 Å². The van der Waals surface area contributed by atoms with E-state index in [9.17, 15) is 4.79 Å². The van der Waals surface area contributed by atoms with E-state index < -0.39 is 0 Å². The van der Waals surface area contributed by atoms with Gasteiger partial charge in [-0.25, -0.2) is 0 Å². The fourth-order valence-corrected chi connectivity index (χ4v) is 4.33. The second kappa shape index (κ2) is 11.6. The van der Waals surface area contributed by atoms with Crippen LogP contribution in [0.25, 0.3) is 0 Å². The van der Waals surface area contributed by atoms with Crippen LogP contribution in [0.15, 0.2) is 71.9 Å². The maximum absolute atomic E-state index is 13.1. The van der Waals surface area contributed by atoms with E-state index >= 15 is 0 Å². The van der Waals surface area contributed by atoms with Crippen LogP contribution in [0.4, 0.5) is 17.1 Å². The van der Waals surface area contributed by atoms with Crippen LogP contribution in [0.2, 0.25) is 0 Å². The zero-order valence-corrected chi connectivity index (χ0v) is 20.9. The summed E-state index contributed by atoms with van der Waals surface area (Å²) >= 11 is 0. The van der Waals surface area contributed by atoms with Gasteiger partial charge < -0.3 is 31.4 Å². The highest BCUT2D eigenvalue weighted by molar-refractivity contribution is 6.05. The molecule has 0 saturated carbocycles. The number of hydrogen-bond acceptors (Lipinski definition) is 6. The van der Waals surface area contributed by atoms with Gasteiger partial charge >= 0.3 is 0 Å². The van der Waals surface area contributed by atoms with Crippen molar-refractivity contribution in [1.82, 2.24) is 4.90 Å². The number of carbonyl (C=O) groups excluding carboxylic acids is 1. The van der Waals surface area contributed by atoms with Crippen LogP contribution in [0, 0.1) is 6.92 Å². The van der Waals surface area contributed by atoms with Gasteiger partial charge in [-0.3, -0.25) is 4.79 Å². The van der Waals surface area contributed by atoms with Crippen LogP contribution in [0.3, 0.4) is 0 Å². The maximum Gasteiger partial charge on any atom is 0.255 e. The van der Waals surface area contributed by atoms with Gasteiger partial charge in [-0.05, 0) is 80.5 Å². The first-order valence-corrected chi connectivity index (χ1v) is 12.2. The predicted molar refractivity (Wildman–Crippen MR) is 146 cm³/mol. The van der Waals surface area contributed by atoms with E-state index in [1.54, 1.807) is 6.07 Å². The molecule has 4 rings (SSSR count). The molecule has 5 N–H and O–H groups in total. The Labute approximate surface area is 212 Å². The SMILES string of the molecule is Cc1ccc(CNc2cccc(/C(N)=N\O)c2)c(NC(=O)c2ccc(N3CCCN(C)CC3)cc2)c1. The zero-order valence-electron chi connectivity index (χ0n) is 20.9. The summed E-state index contributed by atoms with van der Waals surface area (Å²) in [5.41, 5.74) is 11.7. The number of aryl methyl sites for hydroxylation is 1. The lowest BCUT2D eigenvalue weighted by atomic mass is 10.1. The second-order valence-corrected chi connectivity index (χ2v) is 9.23. The lowest BCUT2D eigenvalue weighted by Crippen LogP contribution is -2.28. The number of oxime groups is 1. The van der Waals surface area contributed by atoms with Gasteiger partial charge in [-0.15, -0.1) is 0 Å². The van der Waals surface area contributed by atoms with E-state index in [0.29, 0.717) is 17.7 Å². The first kappa shape index (κ1) is 25.1. The summed E-state index contributed by atoms with van der Waals surface area (Å²) in [5, 5.41) is 18.4. The lowest BCUT2D eigenvalue weighted by molar-refractivity contribution is 0.102. The Morgan fingerprint density at radius 1 is 1.00 bits per heavy atom. The molecule has 1 heterocycles. The number of nitrogens with zero attached hydrogens (tertiary/aromatic N) is 3. The Morgan fingerprint density at radius 2 is 1.81 bits per heavy atom. The number of nitrogens with one attached hydrogen (secondary N) is 2. The quantitative estimate of drug-likeness (QED) is 0.173. The monoisotopic (exact) mass is 486 g/mol. The highest BCUT2D eigenvalue weighted by atomic mass is 16.4. The zero-order chi connectivity index (χ0) is 25.5. The molecule has 1 fully saturated rings. The van der Waals surface area contributed by atoms with Crippen LogP contribution < -0.4 is 21.3 Å². The van der Waals surface area contributed by atoms with Crippen molar-refractivity contribution in [3.63, 3.8) is 0 Å². The highest BCUT2D eigenvalue weighted by Crippen LogP contribution is 2.22. The molecule has 0 unspecified atom stereocenters. The first-order valence-electron chi connectivity index (χ1n) is 12.2. The van der Waals surface area contributed by atoms with Gasteiger partial charge in [0.2, 0.25) is 0 Å². The van der Waals surface area contributed by atoms with E-state index in [1.165, 1.54) is 0 Å². The van der Waals surface area contributed by atoms with Crippen molar-refractivity contribution in [3.8, 4) is 0 Å². The van der Waals surface area contributed by atoms with Gasteiger partial charge in [0.15, 0.2) is 5.84 Å². The van der Waals surface area contributed by atoms with Crippen molar-refractivity contribution < 1.29 is 10.0 Å². The van der Waals surface area contributed by atoms with Gasteiger partial charge in [-0.1, -0.05) is 29.4 Å². The third kappa shape index (κ3) is 6.34. The summed E-state index contributed by atoms with van der Waals surface area (Å²) in [6.45, 7) is 6.67. The van der Waals surface area contributed by atoms with Gasteiger partial charge in [0.05, 0.1) is 0 Å². The molecule has 36 heavy (non-hydrogen) atoms. The molecule has 8 heteroatoms. The normalized spacial score (nSPS) is 14.8. The summed E-state index contributed by atoms with van der Waals surface area (Å²) in [6, 6.07) is 21.2. The Morgan fingerprint density at radius 3 is 2.58 bits per heavy atom. The minimum atomic E-state index is -0.141. The standard InChI is InChI=1S/C28H34N6O2/c1-20-7-8-23(19-30-24-6-3-5-22(18-24)27(29)32-36)26(17-20)31-28(35)21-9-11-25(12-10-21)34-14-4-13-33(2)15-16-34/h3,5-12,17-18,30,36H,4,13-16,19H2,1-2H3,(H2,29,32)(H,31,35). The number of nitrogens with two attached hydrogens (primary N) is 1. The summed E-state index contributed by atoms with van der Waals surface area (Å²) in [4.78, 5) is 17.8. The van der Waals surface area contributed by atoms with Crippen molar-refractivity contribution in [2.75, 3.05) is 48.8 Å². The fraction of sp³-hybridized carbons (Fsp3) is 0.286. The van der Waals surface area contributed by atoms with Crippen LogP contribution in [-0.2, 0) is 6.54 Å².